The van der Waals surface area contributed by atoms with Crippen molar-refractivity contribution in [3.8, 4) is 0 Å². The molecule has 6 heteroatoms. The van der Waals surface area contributed by atoms with Crippen LogP contribution in [0.15, 0.2) is 0 Å². The maximum Gasteiger partial charge on any atom is 0.421 e. The van der Waals surface area contributed by atoms with Crippen molar-refractivity contribution in [1.29, 1.82) is 0 Å². The Morgan fingerprint density at radius 2 is 1.58 bits per heavy atom. The van der Waals surface area contributed by atoms with Gasteiger partial charge in [-0.2, -0.15) is 0 Å². The van der Waals surface area contributed by atoms with Gasteiger partial charge in [-0.05, 0) is 37.5 Å². The van der Waals surface area contributed by atoms with Gasteiger partial charge in [0.15, 0.2) is 0 Å². The highest BCUT2D eigenvalue weighted by Crippen LogP contribution is 2.47. The van der Waals surface area contributed by atoms with E-state index in [0.29, 0.717) is 19.5 Å². The first kappa shape index (κ1) is 23.1. The number of ether oxygens (including phenoxy) is 1. The second-order valence-corrected chi connectivity index (χ2v) is 8.93. The molecule has 24 heavy (non-hydrogen) atoms. The zero-order valence-electron chi connectivity index (χ0n) is 16.6. The molecule has 0 aliphatic rings. The number of carbonyl (C=O) groups is 2. The molecule has 0 aromatic rings. The van der Waals surface area contributed by atoms with Crippen LogP contribution in [-0.2, 0) is 13.7 Å². The molecule has 5 nitrogen and oxygen atoms in total. The zero-order valence-corrected chi connectivity index (χ0v) is 17.5. The average molecular weight is 362 g/mol. The molecule has 1 amide bonds. The van der Waals surface area contributed by atoms with Gasteiger partial charge in [0.2, 0.25) is 0 Å². The maximum atomic E-state index is 12.8. The Balaban J connectivity index is 4.73. The highest BCUT2D eigenvalue weighted by molar-refractivity contribution is 7.75. The molecule has 0 spiro atoms. The van der Waals surface area contributed by atoms with Gasteiger partial charge in [-0.1, -0.05) is 41.5 Å². The second-order valence-electron chi connectivity index (χ2n) is 8.75. The van der Waals surface area contributed by atoms with Crippen molar-refractivity contribution < 1.29 is 18.5 Å². The fourth-order valence-electron chi connectivity index (χ4n) is 2.72. The minimum atomic E-state index is -0.570. The van der Waals surface area contributed by atoms with Crippen molar-refractivity contribution in [2.75, 3.05) is 19.7 Å². The SMILES string of the molecule is CCN(CCCOC(=O)C(C)(CC(C)(C)C)C(C)(C)C)C(=O)OS. The summed E-state index contributed by atoms with van der Waals surface area (Å²) in [6.07, 6.45) is 0.826. The minimum absolute atomic E-state index is 0.0242. The van der Waals surface area contributed by atoms with Crippen molar-refractivity contribution in [3.05, 3.63) is 0 Å². The van der Waals surface area contributed by atoms with Crippen molar-refractivity contribution in [2.45, 2.75) is 68.2 Å². The van der Waals surface area contributed by atoms with Crippen LogP contribution < -0.4 is 0 Å². The first-order chi connectivity index (χ1) is 10.8. The molecule has 0 bridgehead atoms. The van der Waals surface area contributed by atoms with Gasteiger partial charge in [0.25, 0.3) is 0 Å². The predicted molar refractivity (Wildman–Crippen MR) is 99.9 cm³/mol. The van der Waals surface area contributed by atoms with Gasteiger partial charge in [-0.25, -0.2) is 4.79 Å². The molecule has 0 aromatic carbocycles. The summed E-state index contributed by atoms with van der Waals surface area (Å²) in [5.74, 6) is -0.176. The summed E-state index contributed by atoms with van der Waals surface area (Å²) in [4.78, 5) is 25.7. The maximum absolute atomic E-state index is 12.8. The fourth-order valence-corrected chi connectivity index (χ4v) is 2.84. The van der Waals surface area contributed by atoms with Gasteiger partial charge >= 0.3 is 12.1 Å². The van der Waals surface area contributed by atoms with Crippen LogP contribution in [-0.4, -0.2) is 36.7 Å². The molecule has 0 radical (unpaired) electrons. The molecule has 142 valence electrons. The van der Waals surface area contributed by atoms with Crippen LogP contribution in [0.25, 0.3) is 0 Å². The lowest BCUT2D eigenvalue weighted by Gasteiger charge is -2.43. The van der Waals surface area contributed by atoms with Crippen molar-refractivity contribution >= 4 is 25.0 Å². The lowest BCUT2D eigenvalue weighted by Crippen LogP contribution is -2.44. The largest absolute Gasteiger partial charge is 0.465 e. The van der Waals surface area contributed by atoms with E-state index in [-0.39, 0.29) is 23.4 Å². The Morgan fingerprint density at radius 3 is 1.96 bits per heavy atom. The van der Waals surface area contributed by atoms with Crippen LogP contribution in [0.5, 0.6) is 0 Å². The van der Waals surface area contributed by atoms with Gasteiger partial charge in [0, 0.05) is 26.0 Å². The third-order valence-corrected chi connectivity index (χ3v) is 4.67. The lowest BCUT2D eigenvalue weighted by molar-refractivity contribution is -0.164. The normalized spacial score (nSPS) is 14.7. The summed E-state index contributed by atoms with van der Waals surface area (Å²) < 4.78 is 9.96. The third-order valence-electron chi connectivity index (χ3n) is 4.51. The highest BCUT2D eigenvalue weighted by Gasteiger charge is 2.47. The van der Waals surface area contributed by atoms with E-state index in [9.17, 15) is 9.59 Å². The molecule has 0 fully saturated rings. The second kappa shape index (κ2) is 8.97. The summed E-state index contributed by atoms with van der Waals surface area (Å²) in [6.45, 7) is 17.7. The van der Waals surface area contributed by atoms with Gasteiger partial charge in [-0.3, -0.25) is 4.79 Å². The zero-order chi connectivity index (χ0) is 19.2. The number of amides is 1. The Hall–Kier alpha value is -0.910. The fraction of sp³-hybridized carbons (Fsp3) is 0.889. The first-order valence-corrected chi connectivity index (χ1v) is 8.92. The molecule has 1 atom stereocenters. The standard InChI is InChI=1S/C18H35NO4S/c1-9-19(15(21)23-24)11-10-12-22-14(20)18(8,17(5,6)7)13-16(2,3)4/h24H,9-13H2,1-8H3. The molecule has 0 N–H and O–H groups in total. The third kappa shape index (κ3) is 6.91. The van der Waals surface area contributed by atoms with Crippen LogP contribution in [0.2, 0.25) is 0 Å². The average Bonchev–Trinajstić information content (AvgIpc) is 2.43. The quantitative estimate of drug-likeness (QED) is 0.309. The van der Waals surface area contributed by atoms with Crippen molar-refractivity contribution in [2.24, 2.45) is 16.2 Å². The molecule has 1 unspecified atom stereocenters. The van der Waals surface area contributed by atoms with Crippen LogP contribution in [0.3, 0.4) is 0 Å². The highest BCUT2D eigenvalue weighted by atomic mass is 32.1. The number of hydrogen-bond donors (Lipinski definition) is 1. The van der Waals surface area contributed by atoms with E-state index in [1.165, 1.54) is 4.90 Å². The van der Waals surface area contributed by atoms with E-state index < -0.39 is 11.5 Å². The number of thiol groups is 1. The summed E-state index contributed by atoms with van der Waals surface area (Å²) in [6, 6.07) is 0. The molecule has 0 saturated heterocycles. The molecule has 0 aliphatic carbocycles. The van der Waals surface area contributed by atoms with E-state index in [2.05, 4.69) is 58.6 Å². The molecule has 0 heterocycles. The van der Waals surface area contributed by atoms with Crippen molar-refractivity contribution in [3.63, 3.8) is 0 Å². The van der Waals surface area contributed by atoms with Crippen LogP contribution >= 0.6 is 12.9 Å². The van der Waals surface area contributed by atoms with Gasteiger partial charge in [-0.15, -0.1) is 0 Å². The summed E-state index contributed by atoms with van der Waals surface area (Å²) in [5, 5.41) is 0. The molecule has 0 saturated carbocycles. The monoisotopic (exact) mass is 361 g/mol. The number of esters is 1. The van der Waals surface area contributed by atoms with Crippen LogP contribution in [0.1, 0.15) is 68.2 Å². The number of rotatable bonds is 7. The Bertz CT molecular complexity index is 426. The van der Waals surface area contributed by atoms with E-state index in [1.807, 2.05) is 13.8 Å². The van der Waals surface area contributed by atoms with Crippen LogP contribution in [0.4, 0.5) is 4.79 Å². The Kier molecular flexibility index (Phi) is 8.63. The number of hydrogen-bond acceptors (Lipinski definition) is 5. The van der Waals surface area contributed by atoms with Crippen LogP contribution in [0, 0.1) is 16.2 Å². The summed E-state index contributed by atoms with van der Waals surface area (Å²) in [7, 11) is 0. The number of nitrogens with zero attached hydrogens (tertiary/aromatic N) is 1. The van der Waals surface area contributed by atoms with E-state index in [4.69, 9.17) is 4.74 Å². The molecule has 0 rings (SSSR count). The minimum Gasteiger partial charge on any atom is -0.465 e. The van der Waals surface area contributed by atoms with E-state index in [1.54, 1.807) is 0 Å². The summed E-state index contributed by atoms with van der Waals surface area (Å²) >= 11 is 3.52. The Morgan fingerprint density at radius 1 is 1.04 bits per heavy atom. The molecule has 0 aromatic heterocycles. The molecular weight excluding hydrogens is 326 g/mol. The molecular formula is C18H35NO4S. The Labute approximate surface area is 153 Å². The predicted octanol–water partition coefficient (Wildman–Crippen LogP) is 4.71. The lowest BCUT2D eigenvalue weighted by atomic mass is 9.61. The van der Waals surface area contributed by atoms with Crippen molar-refractivity contribution in [1.82, 2.24) is 4.90 Å². The summed E-state index contributed by atoms with van der Waals surface area (Å²) in [5.41, 5.74) is -0.751. The van der Waals surface area contributed by atoms with Gasteiger partial charge < -0.3 is 13.8 Å². The topological polar surface area (TPSA) is 55.8 Å². The number of carbonyl (C=O) groups excluding carboxylic acids is 2. The van der Waals surface area contributed by atoms with Gasteiger partial charge in [0.05, 0.1) is 12.0 Å². The smallest absolute Gasteiger partial charge is 0.421 e. The first-order valence-electron chi connectivity index (χ1n) is 8.56. The van der Waals surface area contributed by atoms with Gasteiger partial charge in [0.1, 0.15) is 0 Å². The molecule has 0 aliphatic heterocycles. The van der Waals surface area contributed by atoms with E-state index >= 15 is 0 Å². The van der Waals surface area contributed by atoms with E-state index in [0.717, 1.165) is 6.42 Å².